The molecule has 6 nitrogen and oxygen atoms in total. The average Bonchev–Trinajstić information content (AvgIpc) is 2.99. The molecule has 1 aromatic carbocycles. The van der Waals surface area contributed by atoms with Gasteiger partial charge in [-0.3, -0.25) is 4.79 Å². The lowest BCUT2D eigenvalue weighted by molar-refractivity contribution is -0.122. The van der Waals surface area contributed by atoms with Gasteiger partial charge in [0.25, 0.3) is 0 Å². The molecule has 1 aromatic heterocycles. The summed E-state index contributed by atoms with van der Waals surface area (Å²) in [6.07, 6.45) is 5.37. The van der Waals surface area contributed by atoms with Gasteiger partial charge in [-0.2, -0.15) is 0 Å². The summed E-state index contributed by atoms with van der Waals surface area (Å²) in [5, 5.41) is 9.57. The molecule has 1 aliphatic rings. The smallest absolute Gasteiger partial charge is 0.244 e. The van der Waals surface area contributed by atoms with Crippen LogP contribution in [0, 0.1) is 0 Å². The number of anilines is 2. The summed E-state index contributed by atoms with van der Waals surface area (Å²) in [4.78, 5) is 16.3. The lowest BCUT2D eigenvalue weighted by atomic mass is 10.1. The van der Waals surface area contributed by atoms with E-state index in [2.05, 4.69) is 20.9 Å². The van der Waals surface area contributed by atoms with Crippen molar-refractivity contribution in [3.05, 3.63) is 43.0 Å². The normalized spacial score (nSPS) is 18.0. The fourth-order valence-corrected chi connectivity index (χ4v) is 2.47. The Morgan fingerprint density at radius 2 is 2.29 bits per heavy atom. The molecule has 1 aliphatic heterocycles. The SMILES string of the molecule is CC(Cn1ccnc1)NC(=O)C1CNc2ccccc2N1. The van der Waals surface area contributed by atoms with Crippen LogP contribution in [0.4, 0.5) is 11.4 Å². The van der Waals surface area contributed by atoms with Crippen molar-refractivity contribution in [1.29, 1.82) is 0 Å². The average molecular weight is 285 g/mol. The molecule has 2 atom stereocenters. The van der Waals surface area contributed by atoms with Gasteiger partial charge in [0.1, 0.15) is 6.04 Å². The van der Waals surface area contributed by atoms with Crippen LogP contribution in [0.25, 0.3) is 0 Å². The molecule has 2 aromatic rings. The number of fused-ring (bicyclic) bond motifs is 1. The van der Waals surface area contributed by atoms with Crippen LogP contribution in [0.1, 0.15) is 6.92 Å². The molecule has 0 aliphatic carbocycles. The summed E-state index contributed by atoms with van der Waals surface area (Å²) in [6, 6.07) is 7.68. The maximum absolute atomic E-state index is 12.3. The first kappa shape index (κ1) is 13.5. The Morgan fingerprint density at radius 1 is 1.48 bits per heavy atom. The maximum Gasteiger partial charge on any atom is 0.244 e. The number of carbonyl (C=O) groups is 1. The minimum Gasteiger partial charge on any atom is -0.381 e. The first-order chi connectivity index (χ1) is 10.2. The second-order valence-electron chi connectivity index (χ2n) is 5.29. The number of nitrogens with zero attached hydrogens (tertiary/aromatic N) is 2. The van der Waals surface area contributed by atoms with Gasteiger partial charge >= 0.3 is 0 Å². The number of nitrogens with one attached hydrogen (secondary N) is 3. The molecule has 21 heavy (non-hydrogen) atoms. The molecule has 3 N–H and O–H groups in total. The van der Waals surface area contributed by atoms with E-state index in [0.717, 1.165) is 11.4 Å². The van der Waals surface area contributed by atoms with Gasteiger partial charge in [0.05, 0.1) is 17.7 Å². The Kier molecular flexibility index (Phi) is 3.77. The van der Waals surface area contributed by atoms with Crippen molar-refractivity contribution in [1.82, 2.24) is 14.9 Å². The molecule has 6 heteroatoms. The number of aromatic nitrogens is 2. The maximum atomic E-state index is 12.3. The van der Waals surface area contributed by atoms with Gasteiger partial charge in [-0.05, 0) is 19.1 Å². The molecule has 0 fully saturated rings. The van der Waals surface area contributed by atoms with Crippen LogP contribution < -0.4 is 16.0 Å². The molecular formula is C15H19N5O. The number of imidazole rings is 1. The molecule has 0 saturated heterocycles. The number of rotatable bonds is 4. The number of carbonyl (C=O) groups excluding carboxylic acids is 1. The highest BCUT2D eigenvalue weighted by Crippen LogP contribution is 2.25. The van der Waals surface area contributed by atoms with Gasteiger partial charge in [-0.1, -0.05) is 12.1 Å². The highest BCUT2D eigenvalue weighted by Gasteiger charge is 2.24. The van der Waals surface area contributed by atoms with Crippen molar-refractivity contribution in [2.45, 2.75) is 25.6 Å². The van der Waals surface area contributed by atoms with Gasteiger partial charge in [-0.15, -0.1) is 0 Å². The highest BCUT2D eigenvalue weighted by molar-refractivity contribution is 5.88. The Balaban J connectivity index is 1.56. The Bertz CT molecular complexity index is 610. The molecule has 0 saturated carbocycles. The topological polar surface area (TPSA) is 71.0 Å². The molecule has 110 valence electrons. The monoisotopic (exact) mass is 285 g/mol. The second kappa shape index (κ2) is 5.87. The number of hydrogen-bond donors (Lipinski definition) is 3. The lowest BCUT2D eigenvalue weighted by Crippen LogP contribution is -2.49. The highest BCUT2D eigenvalue weighted by atomic mass is 16.2. The zero-order chi connectivity index (χ0) is 14.7. The van der Waals surface area contributed by atoms with Gasteiger partial charge < -0.3 is 20.5 Å². The number of amides is 1. The summed E-state index contributed by atoms with van der Waals surface area (Å²) in [5.74, 6) is 0.00428. The fraction of sp³-hybridized carbons (Fsp3) is 0.333. The zero-order valence-corrected chi connectivity index (χ0v) is 11.9. The van der Waals surface area contributed by atoms with Crippen LogP contribution in [-0.4, -0.2) is 34.1 Å². The van der Waals surface area contributed by atoms with E-state index in [9.17, 15) is 4.79 Å². The van der Waals surface area contributed by atoms with E-state index < -0.39 is 0 Å². The van der Waals surface area contributed by atoms with E-state index in [1.807, 2.05) is 42.0 Å². The summed E-state index contributed by atoms with van der Waals surface area (Å²) in [7, 11) is 0. The quantitative estimate of drug-likeness (QED) is 0.792. The number of benzene rings is 1. The van der Waals surface area contributed by atoms with Crippen LogP contribution in [-0.2, 0) is 11.3 Å². The second-order valence-corrected chi connectivity index (χ2v) is 5.29. The van der Waals surface area contributed by atoms with Crippen molar-refractivity contribution in [3.8, 4) is 0 Å². The van der Waals surface area contributed by atoms with Crippen molar-refractivity contribution >= 4 is 17.3 Å². The van der Waals surface area contributed by atoms with Crippen molar-refractivity contribution in [2.75, 3.05) is 17.2 Å². The molecule has 0 radical (unpaired) electrons. The molecule has 3 rings (SSSR count). The van der Waals surface area contributed by atoms with E-state index in [1.54, 1.807) is 12.5 Å². The third-order valence-corrected chi connectivity index (χ3v) is 3.50. The summed E-state index contributed by atoms with van der Waals surface area (Å²) < 4.78 is 1.95. The number of para-hydroxylation sites is 2. The zero-order valence-electron chi connectivity index (χ0n) is 11.9. The molecule has 1 amide bonds. The van der Waals surface area contributed by atoms with E-state index >= 15 is 0 Å². The molecule has 0 spiro atoms. The third kappa shape index (κ3) is 3.16. The van der Waals surface area contributed by atoms with Crippen LogP contribution in [0.2, 0.25) is 0 Å². The molecule has 2 unspecified atom stereocenters. The number of hydrogen-bond acceptors (Lipinski definition) is 4. The first-order valence-electron chi connectivity index (χ1n) is 7.08. The van der Waals surface area contributed by atoms with E-state index in [-0.39, 0.29) is 18.0 Å². The minimum absolute atomic E-state index is 0.00428. The van der Waals surface area contributed by atoms with Crippen LogP contribution in [0.5, 0.6) is 0 Å². The Labute approximate surface area is 123 Å². The molecular weight excluding hydrogens is 266 g/mol. The standard InChI is InChI=1S/C15H19N5O/c1-11(9-20-7-6-16-10-20)18-15(21)14-8-17-12-4-2-3-5-13(12)19-14/h2-7,10-11,14,17,19H,8-9H2,1H3,(H,18,21). The van der Waals surface area contributed by atoms with Gasteiger partial charge in [0.15, 0.2) is 0 Å². The molecule has 2 heterocycles. The predicted molar refractivity (Wildman–Crippen MR) is 82.2 cm³/mol. The van der Waals surface area contributed by atoms with Gasteiger partial charge in [-0.25, -0.2) is 4.98 Å². The predicted octanol–water partition coefficient (Wildman–Crippen LogP) is 1.29. The van der Waals surface area contributed by atoms with Gasteiger partial charge in [0.2, 0.25) is 5.91 Å². The van der Waals surface area contributed by atoms with Gasteiger partial charge in [0, 0.05) is 31.5 Å². The van der Waals surface area contributed by atoms with Crippen LogP contribution in [0.3, 0.4) is 0 Å². The minimum atomic E-state index is -0.259. The third-order valence-electron chi connectivity index (χ3n) is 3.50. The lowest BCUT2D eigenvalue weighted by Gasteiger charge is -2.28. The summed E-state index contributed by atoms with van der Waals surface area (Å²) >= 11 is 0. The summed E-state index contributed by atoms with van der Waals surface area (Å²) in [5.41, 5.74) is 2.00. The van der Waals surface area contributed by atoms with Crippen molar-refractivity contribution in [2.24, 2.45) is 0 Å². The fourth-order valence-electron chi connectivity index (χ4n) is 2.47. The van der Waals surface area contributed by atoms with E-state index in [4.69, 9.17) is 0 Å². The van der Waals surface area contributed by atoms with E-state index in [1.165, 1.54) is 0 Å². The Morgan fingerprint density at radius 3 is 3.05 bits per heavy atom. The first-order valence-corrected chi connectivity index (χ1v) is 7.08. The van der Waals surface area contributed by atoms with Crippen LogP contribution >= 0.6 is 0 Å². The van der Waals surface area contributed by atoms with Crippen LogP contribution in [0.15, 0.2) is 43.0 Å². The Hall–Kier alpha value is -2.50. The molecule has 0 bridgehead atoms. The summed E-state index contributed by atoms with van der Waals surface area (Å²) in [6.45, 7) is 3.28. The van der Waals surface area contributed by atoms with E-state index in [0.29, 0.717) is 13.1 Å². The largest absolute Gasteiger partial charge is 0.381 e. The van der Waals surface area contributed by atoms with Crippen molar-refractivity contribution in [3.63, 3.8) is 0 Å². The van der Waals surface area contributed by atoms with Crippen molar-refractivity contribution < 1.29 is 4.79 Å².